The highest BCUT2D eigenvalue weighted by Gasteiger charge is 2.14. The van der Waals surface area contributed by atoms with E-state index < -0.39 is 11.8 Å². The van der Waals surface area contributed by atoms with Crippen LogP contribution in [0.5, 0.6) is 0 Å². The Kier molecular flexibility index (Phi) is 5.06. The molecule has 0 aliphatic rings. The van der Waals surface area contributed by atoms with E-state index in [-0.39, 0.29) is 10.9 Å². The molecule has 5 heteroatoms. The molecule has 0 aliphatic heterocycles. The molecule has 0 spiro atoms. The maximum atomic E-state index is 13.6. The normalized spacial score (nSPS) is 11.0. The first-order chi connectivity index (χ1) is 14.1. The van der Waals surface area contributed by atoms with Crippen molar-refractivity contribution in [2.24, 2.45) is 0 Å². The van der Waals surface area contributed by atoms with Gasteiger partial charge in [0.15, 0.2) is 0 Å². The number of rotatable bonds is 5. The number of carboxylic acids is 1. The first kappa shape index (κ1) is 18.8. The Balaban J connectivity index is 1.78. The van der Waals surface area contributed by atoms with E-state index in [1.54, 1.807) is 7.11 Å². The van der Waals surface area contributed by atoms with Crippen molar-refractivity contribution in [2.75, 3.05) is 7.11 Å². The SMILES string of the molecule is COCc1ccccc1-c1ccc(-c2cc(C(=O)O)c3cc(F)ccc3n2)cc1. The van der Waals surface area contributed by atoms with Crippen LogP contribution in [0.2, 0.25) is 0 Å². The molecule has 3 aromatic carbocycles. The lowest BCUT2D eigenvalue weighted by molar-refractivity contribution is 0.0699. The van der Waals surface area contributed by atoms with Crippen LogP contribution in [0, 0.1) is 5.82 Å². The van der Waals surface area contributed by atoms with Gasteiger partial charge in [0.05, 0.1) is 23.4 Å². The number of aromatic nitrogens is 1. The lowest BCUT2D eigenvalue weighted by atomic mass is 9.97. The molecule has 0 radical (unpaired) electrons. The van der Waals surface area contributed by atoms with Crippen molar-refractivity contribution in [3.05, 3.63) is 89.7 Å². The molecule has 1 N–H and O–H groups in total. The third kappa shape index (κ3) is 3.73. The number of fused-ring (bicyclic) bond motifs is 1. The average molecular weight is 387 g/mol. The summed E-state index contributed by atoms with van der Waals surface area (Å²) < 4.78 is 18.8. The highest BCUT2D eigenvalue weighted by Crippen LogP contribution is 2.29. The Morgan fingerprint density at radius 3 is 2.45 bits per heavy atom. The van der Waals surface area contributed by atoms with Crippen molar-refractivity contribution in [3.63, 3.8) is 0 Å². The third-order valence-electron chi connectivity index (χ3n) is 4.81. The van der Waals surface area contributed by atoms with Crippen LogP contribution >= 0.6 is 0 Å². The quantitative estimate of drug-likeness (QED) is 0.488. The summed E-state index contributed by atoms with van der Waals surface area (Å²) in [4.78, 5) is 16.2. The summed E-state index contributed by atoms with van der Waals surface area (Å²) in [6.45, 7) is 0.517. The molecule has 4 rings (SSSR count). The Morgan fingerprint density at radius 2 is 1.72 bits per heavy atom. The van der Waals surface area contributed by atoms with Crippen LogP contribution in [-0.2, 0) is 11.3 Å². The van der Waals surface area contributed by atoms with Gasteiger partial charge >= 0.3 is 5.97 Å². The maximum Gasteiger partial charge on any atom is 0.336 e. The highest BCUT2D eigenvalue weighted by atomic mass is 19.1. The maximum absolute atomic E-state index is 13.6. The number of nitrogens with zero attached hydrogens (tertiary/aromatic N) is 1. The van der Waals surface area contributed by atoms with E-state index in [0.29, 0.717) is 17.8 Å². The van der Waals surface area contributed by atoms with Crippen molar-refractivity contribution in [1.82, 2.24) is 4.98 Å². The summed E-state index contributed by atoms with van der Waals surface area (Å²) >= 11 is 0. The van der Waals surface area contributed by atoms with Gasteiger partial charge in [-0.3, -0.25) is 0 Å². The van der Waals surface area contributed by atoms with E-state index in [9.17, 15) is 14.3 Å². The van der Waals surface area contributed by atoms with Gasteiger partial charge in [-0.25, -0.2) is 14.2 Å². The summed E-state index contributed by atoms with van der Waals surface area (Å²) in [5, 5.41) is 9.84. The van der Waals surface area contributed by atoms with Crippen molar-refractivity contribution >= 4 is 16.9 Å². The number of aromatic carboxylic acids is 1. The predicted octanol–water partition coefficient (Wildman–Crippen LogP) is 5.55. The minimum absolute atomic E-state index is 0.0269. The third-order valence-corrected chi connectivity index (χ3v) is 4.81. The first-order valence-corrected chi connectivity index (χ1v) is 9.08. The van der Waals surface area contributed by atoms with Crippen LogP contribution in [0.25, 0.3) is 33.3 Å². The lowest BCUT2D eigenvalue weighted by Crippen LogP contribution is -2.00. The van der Waals surface area contributed by atoms with Gasteiger partial charge in [0.1, 0.15) is 5.82 Å². The van der Waals surface area contributed by atoms with Crippen LogP contribution in [0.4, 0.5) is 4.39 Å². The Bertz CT molecular complexity index is 1200. The van der Waals surface area contributed by atoms with Crippen LogP contribution in [0.3, 0.4) is 0 Å². The standard InChI is InChI=1S/C24H18FNO3/c1-29-14-17-4-2-3-5-19(17)15-6-8-16(9-7-15)23-13-21(24(27)28)20-12-18(25)10-11-22(20)26-23/h2-13H,14H2,1H3,(H,27,28). The van der Waals surface area contributed by atoms with Crippen molar-refractivity contribution < 1.29 is 19.0 Å². The number of carboxylic acid groups (broad SMARTS) is 1. The molecular weight excluding hydrogens is 369 g/mol. The lowest BCUT2D eigenvalue weighted by Gasteiger charge is -2.11. The molecule has 0 unspecified atom stereocenters. The van der Waals surface area contributed by atoms with Gasteiger partial charge in [0.25, 0.3) is 0 Å². The number of ether oxygens (including phenoxy) is 1. The van der Waals surface area contributed by atoms with E-state index in [4.69, 9.17) is 4.74 Å². The predicted molar refractivity (Wildman–Crippen MR) is 110 cm³/mol. The average Bonchev–Trinajstić information content (AvgIpc) is 2.74. The number of pyridine rings is 1. The Hall–Kier alpha value is -3.57. The second kappa shape index (κ2) is 7.81. The summed E-state index contributed by atoms with van der Waals surface area (Å²) in [5.41, 5.74) is 4.97. The second-order valence-corrected chi connectivity index (χ2v) is 6.69. The zero-order chi connectivity index (χ0) is 20.4. The van der Waals surface area contributed by atoms with Crippen LogP contribution in [0.15, 0.2) is 72.8 Å². The Labute approximate surface area is 167 Å². The van der Waals surface area contributed by atoms with E-state index in [2.05, 4.69) is 4.98 Å². The first-order valence-electron chi connectivity index (χ1n) is 9.08. The fourth-order valence-corrected chi connectivity index (χ4v) is 3.43. The number of methoxy groups -OCH3 is 1. The van der Waals surface area contributed by atoms with Crippen molar-refractivity contribution in [3.8, 4) is 22.4 Å². The van der Waals surface area contributed by atoms with Gasteiger partial charge in [0, 0.05) is 18.1 Å². The van der Waals surface area contributed by atoms with E-state index >= 15 is 0 Å². The topological polar surface area (TPSA) is 59.4 Å². The molecule has 1 aromatic heterocycles. The number of benzene rings is 3. The molecule has 0 amide bonds. The number of halogens is 1. The highest BCUT2D eigenvalue weighted by molar-refractivity contribution is 6.03. The summed E-state index contributed by atoms with van der Waals surface area (Å²) in [6, 6.07) is 21.2. The van der Waals surface area contributed by atoms with Gasteiger partial charge in [0.2, 0.25) is 0 Å². The molecule has 0 saturated heterocycles. The molecule has 0 saturated carbocycles. The van der Waals surface area contributed by atoms with Crippen molar-refractivity contribution in [1.29, 1.82) is 0 Å². The summed E-state index contributed by atoms with van der Waals surface area (Å²) in [6.07, 6.45) is 0. The van der Waals surface area contributed by atoms with Gasteiger partial charge < -0.3 is 9.84 Å². The molecular formula is C24H18FNO3. The number of hydrogen-bond acceptors (Lipinski definition) is 3. The van der Waals surface area contributed by atoms with Gasteiger partial charge in [-0.1, -0.05) is 48.5 Å². The summed E-state index contributed by atoms with van der Waals surface area (Å²) in [5.74, 6) is -1.61. The molecule has 4 aromatic rings. The van der Waals surface area contributed by atoms with E-state index in [0.717, 1.165) is 22.3 Å². The molecule has 0 bridgehead atoms. The van der Waals surface area contributed by atoms with Gasteiger partial charge in [-0.05, 0) is 41.0 Å². The van der Waals surface area contributed by atoms with Crippen LogP contribution in [-0.4, -0.2) is 23.2 Å². The number of carbonyl (C=O) groups is 1. The molecule has 0 fully saturated rings. The number of hydrogen-bond donors (Lipinski definition) is 1. The smallest absolute Gasteiger partial charge is 0.336 e. The fraction of sp³-hybridized carbons (Fsp3) is 0.0833. The van der Waals surface area contributed by atoms with E-state index in [1.165, 1.54) is 24.3 Å². The minimum atomic E-state index is -1.12. The van der Waals surface area contributed by atoms with Gasteiger partial charge in [-0.15, -0.1) is 0 Å². The molecule has 1 heterocycles. The fourth-order valence-electron chi connectivity index (χ4n) is 3.43. The molecule has 0 atom stereocenters. The molecule has 4 nitrogen and oxygen atoms in total. The molecule has 144 valence electrons. The monoisotopic (exact) mass is 387 g/mol. The zero-order valence-electron chi connectivity index (χ0n) is 15.7. The summed E-state index contributed by atoms with van der Waals surface area (Å²) in [7, 11) is 1.66. The molecule has 0 aliphatic carbocycles. The second-order valence-electron chi connectivity index (χ2n) is 6.69. The van der Waals surface area contributed by atoms with Crippen LogP contribution < -0.4 is 0 Å². The molecule has 29 heavy (non-hydrogen) atoms. The van der Waals surface area contributed by atoms with Crippen molar-refractivity contribution in [2.45, 2.75) is 6.61 Å². The Morgan fingerprint density at radius 1 is 1.00 bits per heavy atom. The zero-order valence-corrected chi connectivity index (χ0v) is 15.7. The minimum Gasteiger partial charge on any atom is -0.478 e. The van der Waals surface area contributed by atoms with Crippen LogP contribution in [0.1, 0.15) is 15.9 Å². The van der Waals surface area contributed by atoms with E-state index in [1.807, 2.05) is 48.5 Å². The largest absolute Gasteiger partial charge is 0.478 e. The van der Waals surface area contributed by atoms with Gasteiger partial charge in [-0.2, -0.15) is 0 Å².